The molecule has 0 aromatic carbocycles. The maximum atomic E-state index is 12.4. The molecule has 20 heavy (non-hydrogen) atoms. The van der Waals surface area contributed by atoms with Crippen LogP contribution in [-0.4, -0.2) is 34.5 Å². The van der Waals surface area contributed by atoms with E-state index >= 15 is 0 Å². The van der Waals surface area contributed by atoms with Crippen molar-refractivity contribution >= 4 is 70.1 Å². The smallest absolute Gasteiger partial charge is 0.314 e. The molecule has 0 saturated carbocycles. The molecule has 0 spiro atoms. The van der Waals surface area contributed by atoms with Crippen LogP contribution in [0.4, 0.5) is 5.82 Å². The number of nitrogens with zero attached hydrogens (tertiary/aromatic N) is 3. The third kappa shape index (κ3) is 3.03. The molecule has 0 bridgehead atoms. The molecule has 2 aromatic heterocycles. The first-order valence-electron chi connectivity index (χ1n) is 5.25. The maximum absolute atomic E-state index is 12.4. The van der Waals surface area contributed by atoms with E-state index in [1.165, 1.54) is 17.4 Å². The number of amides is 1. The fourth-order valence-electron chi connectivity index (χ4n) is 1.49. The van der Waals surface area contributed by atoms with Gasteiger partial charge in [-0.15, -0.1) is 25.3 Å². The normalized spacial score (nSPS) is 10.1. The summed E-state index contributed by atoms with van der Waals surface area (Å²) in [5, 5.41) is 2.43. The third-order valence-electron chi connectivity index (χ3n) is 2.27. The molecule has 2 heterocycles. The summed E-state index contributed by atoms with van der Waals surface area (Å²) in [5.74, 6) is 0.143. The number of anilines is 1. The molecule has 6 nitrogen and oxygen atoms in total. The first-order valence-corrected chi connectivity index (χ1v) is 6.96. The second-order valence-electron chi connectivity index (χ2n) is 3.49. The molecule has 2 N–H and O–H groups in total. The highest BCUT2D eigenvalue weighted by Crippen LogP contribution is 2.19. The summed E-state index contributed by atoms with van der Waals surface area (Å²) in [5.41, 5.74) is 0. The van der Waals surface area contributed by atoms with Gasteiger partial charge in [0.2, 0.25) is 0 Å². The van der Waals surface area contributed by atoms with Crippen molar-refractivity contribution in [1.82, 2.24) is 20.0 Å². The number of aromatic amines is 2. The Labute approximate surface area is 136 Å². The van der Waals surface area contributed by atoms with E-state index in [2.05, 4.69) is 40.2 Å². The number of hydrogen-bond donors (Lipinski definition) is 4. The first kappa shape index (κ1) is 15.0. The summed E-state index contributed by atoms with van der Waals surface area (Å²) in [6.07, 6.45) is 4.68. The zero-order chi connectivity index (χ0) is 14.7. The highest BCUT2D eigenvalue weighted by Gasteiger charge is 2.29. The predicted molar refractivity (Wildman–Crippen MR) is 91.2 cm³/mol. The average Bonchev–Trinajstić information content (AvgIpc) is 3.06. The molecule has 0 unspecified atom stereocenters. The minimum absolute atomic E-state index is 0.0115. The molecule has 0 saturated heterocycles. The Bertz CT molecular complexity index is 624. The fraction of sp³-hybridized carbons (Fsp3) is 0. The van der Waals surface area contributed by atoms with Gasteiger partial charge < -0.3 is 9.97 Å². The summed E-state index contributed by atoms with van der Waals surface area (Å²) < 4.78 is 0.140. The number of thiocarbonyl (C=S) groups is 2. The lowest BCUT2D eigenvalue weighted by atomic mass is 10.5. The predicted octanol–water partition coefficient (Wildman–Crippen LogP) is 2.03. The molecule has 1 amide bonds. The second-order valence-corrected chi connectivity index (χ2v) is 5.71. The standard InChI is InChI=1S/C10H9N5OS4/c16-8(7-12-4-5-13-7)15(10(19)20)14(9(17)18)6-2-1-3-11-6/h1-5,11H,(H,12,13)(H,17,18)(H,19,20). The number of rotatable bonds is 2. The molecule has 104 valence electrons. The summed E-state index contributed by atoms with van der Waals surface area (Å²) in [7, 11) is 0. The lowest BCUT2D eigenvalue weighted by molar-refractivity contribution is 0.0846. The maximum Gasteiger partial charge on any atom is 0.314 e. The van der Waals surface area contributed by atoms with Gasteiger partial charge in [0.15, 0.2) is 14.5 Å². The van der Waals surface area contributed by atoms with E-state index in [0.717, 1.165) is 5.01 Å². The minimum atomic E-state index is -0.499. The molecule has 0 aliphatic rings. The molecule has 0 atom stereocenters. The lowest BCUT2D eigenvalue weighted by Crippen LogP contribution is -2.50. The number of carbonyl (C=O) groups excluding carboxylic acids is 1. The molecule has 2 rings (SSSR count). The minimum Gasteiger partial charge on any atom is -0.347 e. The molecule has 0 aliphatic heterocycles. The Balaban J connectivity index is 2.43. The van der Waals surface area contributed by atoms with Crippen LogP contribution in [0.25, 0.3) is 0 Å². The zero-order valence-electron chi connectivity index (χ0n) is 9.85. The van der Waals surface area contributed by atoms with Gasteiger partial charge in [0.1, 0.15) is 5.82 Å². The van der Waals surface area contributed by atoms with E-state index in [4.69, 9.17) is 24.4 Å². The monoisotopic (exact) mass is 343 g/mol. The molecule has 0 fully saturated rings. The molecule has 10 heteroatoms. The van der Waals surface area contributed by atoms with Crippen molar-refractivity contribution in [3.8, 4) is 0 Å². The number of carbonyl (C=O) groups is 1. The number of H-pyrrole nitrogens is 2. The Morgan fingerprint density at radius 2 is 1.95 bits per heavy atom. The van der Waals surface area contributed by atoms with Gasteiger partial charge in [0, 0.05) is 18.6 Å². The van der Waals surface area contributed by atoms with Gasteiger partial charge in [-0.25, -0.2) is 9.99 Å². The van der Waals surface area contributed by atoms with Crippen LogP contribution >= 0.6 is 49.7 Å². The Kier molecular flexibility index (Phi) is 4.81. The van der Waals surface area contributed by atoms with Gasteiger partial charge >= 0.3 is 5.91 Å². The van der Waals surface area contributed by atoms with Crippen LogP contribution in [-0.2, 0) is 0 Å². The number of thiol groups is 2. The third-order valence-corrected chi connectivity index (χ3v) is 2.99. The summed E-state index contributed by atoms with van der Waals surface area (Å²) in [4.78, 5) is 22.0. The van der Waals surface area contributed by atoms with Gasteiger partial charge in [-0.05, 0) is 12.1 Å². The largest absolute Gasteiger partial charge is 0.347 e. The van der Waals surface area contributed by atoms with Crippen molar-refractivity contribution in [3.63, 3.8) is 0 Å². The molecular weight excluding hydrogens is 334 g/mol. The van der Waals surface area contributed by atoms with E-state index in [-0.39, 0.29) is 14.5 Å². The molecule has 2 aromatic rings. The highest BCUT2D eigenvalue weighted by atomic mass is 32.1. The van der Waals surface area contributed by atoms with Crippen LogP contribution in [0.2, 0.25) is 0 Å². The van der Waals surface area contributed by atoms with Gasteiger partial charge in [0.25, 0.3) is 0 Å². The van der Waals surface area contributed by atoms with Crippen LogP contribution in [0.1, 0.15) is 10.6 Å². The lowest BCUT2D eigenvalue weighted by Gasteiger charge is -2.31. The van der Waals surface area contributed by atoms with Crippen molar-refractivity contribution in [2.45, 2.75) is 0 Å². The van der Waals surface area contributed by atoms with E-state index < -0.39 is 5.91 Å². The summed E-state index contributed by atoms with van der Waals surface area (Å²) in [6.45, 7) is 0. The fourth-order valence-corrected chi connectivity index (χ4v) is 2.22. The number of nitrogens with one attached hydrogen (secondary N) is 2. The zero-order valence-corrected chi connectivity index (χ0v) is 13.3. The molecule has 0 aliphatic carbocycles. The van der Waals surface area contributed by atoms with Crippen LogP contribution in [0.3, 0.4) is 0 Å². The van der Waals surface area contributed by atoms with E-state index in [9.17, 15) is 4.79 Å². The molecule has 0 radical (unpaired) electrons. The van der Waals surface area contributed by atoms with Crippen molar-refractivity contribution < 1.29 is 4.79 Å². The van der Waals surface area contributed by atoms with Crippen LogP contribution in [0, 0.1) is 0 Å². The Morgan fingerprint density at radius 1 is 1.20 bits per heavy atom. The van der Waals surface area contributed by atoms with E-state index in [1.54, 1.807) is 18.3 Å². The Hall–Kier alpha value is -1.36. The van der Waals surface area contributed by atoms with Gasteiger partial charge in [-0.1, -0.05) is 24.4 Å². The van der Waals surface area contributed by atoms with E-state index in [0.29, 0.717) is 5.82 Å². The van der Waals surface area contributed by atoms with Crippen molar-refractivity contribution in [1.29, 1.82) is 0 Å². The quantitative estimate of drug-likeness (QED) is 0.382. The number of hydrazine groups is 1. The number of imidazole rings is 1. The Morgan fingerprint density at radius 3 is 2.40 bits per heavy atom. The first-order chi connectivity index (χ1) is 9.52. The van der Waals surface area contributed by atoms with Crippen molar-refractivity contribution in [3.05, 3.63) is 36.5 Å². The summed E-state index contributed by atoms with van der Waals surface area (Å²) in [6, 6.07) is 3.47. The van der Waals surface area contributed by atoms with Gasteiger partial charge in [0.05, 0.1) is 0 Å². The van der Waals surface area contributed by atoms with E-state index in [1.807, 2.05) is 0 Å². The topological polar surface area (TPSA) is 68.0 Å². The van der Waals surface area contributed by atoms with Gasteiger partial charge in [-0.2, -0.15) is 5.01 Å². The second kappa shape index (κ2) is 6.39. The number of hydrogen-bond acceptors (Lipinski definition) is 4. The van der Waals surface area contributed by atoms with Crippen molar-refractivity contribution in [2.24, 2.45) is 0 Å². The van der Waals surface area contributed by atoms with Crippen LogP contribution < -0.4 is 5.01 Å². The highest BCUT2D eigenvalue weighted by molar-refractivity contribution is 8.12. The van der Waals surface area contributed by atoms with Crippen LogP contribution in [0.5, 0.6) is 0 Å². The van der Waals surface area contributed by atoms with Gasteiger partial charge in [-0.3, -0.25) is 4.79 Å². The van der Waals surface area contributed by atoms with Crippen molar-refractivity contribution in [2.75, 3.05) is 5.01 Å². The number of aromatic nitrogens is 3. The SMILES string of the molecule is O=C(c1ncc[nH]1)N(C(=S)S)N(C(=S)S)c1ccc[nH]1. The summed E-state index contributed by atoms with van der Waals surface area (Å²) >= 11 is 18.3. The van der Waals surface area contributed by atoms with Crippen LogP contribution in [0.15, 0.2) is 30.7 Å². The molecular formula is C10H9N5OS4. The average molecular weight is 343 g/mol.